The molecule has 0 bridgehead atoms. The van der Waals surface area contributed by atoms with E-state index in [4.69, 9.17) is 0 Å². The van der Waals surface area contributed by atoms with Gasteiger partial charge in [-0.05, 0) is 30.5 Å². The van der Waals surface area contributed by atoms with Crippen molar-refractivity contribution < 1.29 is 9.59 Å². The lowest BCUT2D eigenvalue weighted by atomic mass is 10.0. The van der Waals surface area contributed by atoms with E-state index in [0.717, 1.165) is 48.6 Å². The summed E-state index contributed by atoms with van der Waals surface area (Å²) in [6.45, 7) is 2.38. The second-order valence-electron chi connectivity index (χ2n) is 7.90. The number of aryl methyl sites for hydroxylation is 1. The van der Waals surface area contributed by atoms with E-state index in [-0.39, 0.29) is 24.3 Å². The van der Waals surface area contributed by atoms with Crippen LogP contribution >= 0.6 is 0 Å². The SMILES string of the molecule is CC(=O)N[C@@H](CC(=O)Nc1cccc(-c2nnc3n2CCCCC3)c1)c1ccccc1. The molecule has 0 radical (unpaired) electrons. The Morgan fingerprint density at radius 1 is 1.03 bits per heavy atom. The van der Waals surface area contributed by atoms with Crippen LogP contribution in [0, 0.1) is 0 Å². The van der Waals surface area contributed by atoms with E-state index in [1.807, 2.05) is 54.6 Å². The highest BCUT2D eigenvalue weighted by atomic mass is 16.2. The molecule has 2 amide bonds. The molecule has 1 atom stereocenters. The van der Waals surface area contributed by atoms with Crippen molar-refractivity contribution in [3.8, 4) is 11.4 Å². The molecule has 0 fully saturated rings. The summed E-state index contributed by atoms with van der Waals surface area (Å²) in [5, 5.41) is 14.6. The second kappa shape index (κ2) is 9.55. The second-order valence-corrected chi connectivity index (χ2v) is 7.90. The van der Waals surface area contributed by atoms with Gasteiger partial charge in [0.15, 0.2) is 5.82 Å². The van der Waals surface area contributed by atoms with Crippen LogP contribution in [0.1, 0.15) is 50.0 Å². The summed E-state index contributed by atoms with van der Waals surface area (Å²) in [7, 11) is 0. The fourth-order valence-corrected chi connectivity index (χ4v) is 4.01. The van der Waals surface area contributed by atoms with Crippen LogP contribution in [0.4, 0.5) is 5.69 Å². The lowest BCUT2D eigenvalue weighted by molar-refractivity contribution is -0.120. The number of amides is 2. The Morgan fingerprint density at radius 3 is 2.68 bits per heavy atom. The first-order chi connectivity index (χ1) is 15.1. The maximum Gasteiger partial charge on any atom is 0.226 e. The first-order valence-corrected chi connectivity index (χ1v) is 10.7. The number of anilines is 1. The van der Waals surface area contributed by atoms with Crippen molar-refractivity contribution in [2.75, 3.05) is 5.32 Å². The van der Waals surface area contributed by atoms with E-state index in [1.165, 1.54) is 13.3 Å². The van der Waals surface area contributed by atoms with Crippen LogP contribution in [-0.2, 0) is 22.6 Å². The molecule has 7 heteroatoms. The third-order valence-corrected chi connectivity index (χ3v) is 5.48. The molecule has 0 spiro atoms. The summed E-state index contributed by atoms with van der Waals surface area (Å²) in [4.78, 5) is 24.4. The van der Waals surface area contributed by atoms with Gasteiger partial charge in [-0.1, -0.05) is 48.9 Å². The Labute approximate surface area is 181 Å². The molecule has 2 heterocycles. The normalized spacial score (nSPS) is 14.2. The molecular weight excluding hydrogens is 390 g/mol. The van der Waals surface area contributed by atoms with Gasteiger partial charge >= 0.3 is 0 Å². The van der Waals surface area contributed by atoms with Crippen molar-refractivity contribution in [2.24, 2.45) is 0 Å². The number of hydrogen-bond acceptors (Lipinski definition) is 4. The molecule has 0 aliphatic carbocycles. The number of hydrogen-bond donors (Lipinski definition) is 2. The quantitative estimate of drug-likeness (QED) is 0.637. The number of carbonyl (C=O) groups is 2. The van der Waals surface area contributed by atoms with Gasteiger partial charge in [-0.15, -0.1) is 10.2 Å². The van der Waals surface area contributed by atoms with Crippen LogP contribution in [-0.4, -0.2) is 26.6 Å². The molecule has 7 nitrogen and oxygen atoms in total. The van der Waals surface area contributed by atoms with Gasteiger partial charge in [0, 0.05) is 31.1 Å². The van der Waals surface area contributed by atoms with Crippen LogP contribution in [0.25, 0.3) is 11.4 Å². The fraction of sp³-hybridized carbons (Fsp3) is 0.333. The lowest BCUT2D eigenvalue weighted by Crippen LogP contribution is -2.29. The van der Waals surface area contributed by atoms with Gasteiger partial charge in [0.25, 0.3) is 0 Å². The Hall–Kier alpha value is -3.48. The largest absolute Gasteiger partial charge is 0.349 e. The van der Waals surface area contributed by atoms with Crippen molar-refractivity contribution in [3.63, 3.8) is 0 Å². The third-order valence-electron chi connectivity index (χ3n) is 5.48. The summed E-state index contributed by atoms with van der Waals surface area (Å²) in [5.74, 6) is 1.53. The van der Waals surface area contributed by atoms with Crippen LogP contribution in [0.2, 0.25) is 0 Å². The van der Waals surface area contributed by atoms with Crippen LogP contribution in [0.15, 0.2) is 54.6 Å². The Kier molecular flexibility index (Phi) is 6.40. The molecule has 1 aliphatic rings. The summed E-state index contributed by atoms with van der Waals surface area (Å²) in [6.07, 6.45) is 4.57. The van der Waals surface area contributed by atoms with Crippen molar-refractivity contribution >= 4 is 17.5 Å². The number of rotatable bonds is 6. The molecule has 0 unspecified atom stereocenters. The van der Waals surface area contributed by atoms with Gasteiger partial charge in [0.1, 0.15) is 5.82 Å². The fourth-order valence-electron chi connectivity index (χ4n) is 4.01. The Morgan fingerprint density at radius 2 is 1.87 bits per heavy atom. The van der Waals surface area contributed by atoms with Gasteiger partial charge < -0.3 is 15.2 Å². The Bertz CT molecular complexity index is 1060. The van der Waals surface area contributed by atoms with E-state index in [9.17, 15) is 9.59 Å². The number of nitrogens with zero attached hydrogens (tertiary/aromatic N) is 3. The molecule has 160 valence electrons. The first-order valence-electron chi connectivity index (χ1n) is 10.7. The summed E-state index contributed by atoms with van der Waals surface area (Å²) in [5.41, 5.74) is 2.52. The number of benzene rings is 2. The van der Waals surface area contributed by atoms with Crippen molar-refractivity contribution in [1.82, 2.24) is 20.1 Å². The predicted octanol–water partition coefficient (Wildman–Crippen LogP) is 3.88. The van der Waals surface area contributed by atoms with Crippen molar-refractivity contribution in [3.05, 3.63) is 66.0 Å². The van der Waals surface area contributed by atoms with E-state index < -0.39 is 0 Å². The molecule has 1 aliphatic heterocycles. The summed E-state index contributed by atoms with van der Waals surface area (Å²) >= 11 is 0. The van der Waals surface area contributed by atoms with Crippen LogP contribution in [0.3, 0.4) is 0 Å². The van der Waals surface area contributed by atoms with Gasteiger partial charge in [-0.3, -0.25) is 9.59 Å². The van der Waals surface area contributed by atoms with E-state index in [0.29, 0.717) is 5.69 Å². The maximum absolute atomic E-state index is 12.8. The van der Waals surface area contributed by atoms with E-state index in [2.05, 4.69) is 25.4 Å². The smallest absolute Gasteiger partial charge is 0.226 e. The zero-order valence-electron chi connectivity index (χ0n) is 17.7. The van der Waals surface area contributed by atoms with E-state index in [1.54, 1.807) is 0 Å². The highest BCUT2D eigenvalue weighted by Crippen LogP contribution is 2.25. The number of nitrogens with one attached hydrogen (secondary N) is 2. The molecular formula is C24H27N5O2. The molecule has 4 rings (SSSR count). The molecule has 2 N–H and O–H groups in total. The Balaban J connectivity index is 1.49. The standard InChI is InChI=1S/C24H27N5O2/c1-17(30)25-21(18-9-4-2-5-10-18)16-23(31)26-20-12-8-11-19(15-20)24-28-27-22-13-6-3-7-14-29(22)24/h2,4-5,8-12,15,21H,3,6-7,13-14,16H2,1H3,(H,25,30)(H,26,31)/t21-/m0/s1. The van der Waals surface area contributed by atoms with Crippen molar-refractivity contribution in [2.45, 2.75) is 51.6 Å². The van der Waals surface area contributed by atoms with Gasteiger partial charge in [-0.25, -0.2) is 0 Å². The average molecular weight is 418 g/mol. The third kappa shape index (κ3) is 5.17. The number of fused-ring (bicyclic) bond motifs is 1. The first kappa shape index (κ1) is 20.8. The lowest BCUT2D eigenvalue weighted by Gasteiger charge is -2.18. The zero-order valence-corrected chi connectivity index (χ0v) is 17.7. The highest BCUT2D eigenvalue weighted by Gasteiger charge is 2.19. The minimum Gasteiger partial charge on any atom is -0.349 e. The van der Waals surface area contributed by atoms with E-state index >= 15 is 0 Å². The molecule has 31 heavy (non-hydrogen) atoms. The van der Waals surface area contributed by atoms with Gasteiger partial charge in [0.05, 0.1) is 12.5 Å². The van der Waals surface area contributed by atoms with Gasteiger partial charge in [-0.2, -0.15) is 0 Å². The summed E-state index contributed by atoms with van der Waals surface area (Å²) < 4.78 is 2.19. The number of aromatic nitrogens is 3. The minimum atomic E-state index is -0.380. The summed E-state index contributed by atoms with van der Waals surface area (Å²) in [6, 6.07) is 16.8. The topological polar surface area (TPSA) is 88.9 Å². The van der Waals surface area contributed by atoms with Crippen LogP contribution < -0.4 is 10.6 Å². The van der Waals surface area contributed by atoms with Crippen molar-refractivity contribution in [1.29, 1.82) is 0 Å². The maximum atomic E-state index is 12.8. The molecule has 3 aromatic rings. The average Bonchev–Trinajstić information content (AvgIpc) is 3.02. The minimum absolute atomic E-state index is 0.147. The molecule has 1 aromatic heterocycles. The van der Waals surface area contributed by atoms with Gasteiger partial charge in [0.2, 0.25) is 11.8 Å². The number of carbonyl (C=O) groups excluding carboxylic acids is 2. The predicted molar refractivity (Wildman–Crippen MR) is 119 cm³/mol. The molecule has 2 aromatic carbocycles. The molecule has 0 saturated carbocycles. The van der Waals surface area contributed by atoms with Crippen LogP contribution in [0.5, 0.6) is 0 Å². The zero-order chi connectivity index (χ0) is 21.6. The molecule has 0 saturated heterocycles. The monoisotopic (exact) mass is 417 g/mol. The highest BCUT2D eigenvalue weighted by molar-refractivity contribution is 5.92.